The van der Waals surface area contributed by atoms with Gasteiger partial charge in [0.15, 0.2) is 0 Å². The Kier molecular flexibility index (Phi) is 8.35. The Labute approximate surface area is 162 Å². The zero-order chi connectivity index (χ0) is 19.6. The molecule has 4 N–H and O–H groups in total. The number of halogens is 1. The second-order valence-electron chi connectivity index (χ2n) is 5.76. The van der Waals surface area contributed by atoms with Crippen molar-refractivity contribution in [2.45, 2.75) is 12.2 Å². The lowest BCUT2D eigenvalue weighted by Crippen LogP contribution is -2.21. The molecule has 0 aliphatic carbocycles. The van der Waals surface area contributed by atoms with Crippen LogP contribution < -0.4 is 9.47 Å². The Morgan fingerprint density at radius 3 is 1.67 bits per heavy atom. The van der Waals surface area contributed by atoms with Gasteiger partial charge in [0.25, 0.3) is 0 Å². The van der Waals surface area contributed by atoms with E-state index in [2.05, 4.69) is 5.16 Å². The molecule has 2 aromatic carbocycles. The van der Waals surface area contributed by atoms with Gasteiger partial charge >= 0.3 is 0 Å². The van der Waals surface area contributed by atoms with E-state index in [0.717, 1.165) is 0 Å². The van der Waals surface area contributed by atoms with E-state index in [9.17, 15) is 15.4 Å². The molecule has 0 aromatic heterocycles. The first-order valence-electron chi connectivity index (χ1n) is 8.28. The van der Waals surface area contributed by atoms with Gasteiger partial charge in [-0.2, -0.15) is 0 Å². The molecule has 2 atom stereocenters. The quantitative estimate of drug-likeness (QED) is 0.210. The Morgan fingerprint density at radius 1 is 0.852 bits per heavy atom. The molecule has 0 amide bonds. The predicted molar refractivity (Wildman–Crippen MR) is 101 cm³/mol. The van der Waals surface area contributed by atoms with E-state index in [1.54, 1.807) is 48.5 Å². The van der Waals surface area contributed by atoms with Crippen LogP contribution in [0.15, 0.2) is 53.7 Å². The van der Waals surface area contributed by atoms with Gasteiger partial charge in [0.05, 0.1) is 12.5 Å². The number of rotatable bonds is 10. The summed E-state index contributed by atoms with van der Waals surface area (Å²) in [7, 11) is 0. The first-order chi connectivity index (χ1) is 13.1. The Morgan fingerprint density at radius 2 is 1.30 bits per heavy atom. The molecule has 0 heterocycles. The molecule has 146 valence electrons. The van der Waals surface area contributed by atoms with E-state index in [-0.39, 0.29) is 25.7 Å². The van der Waals surface area contributed by atoms with Crippen LogP contribution in [0.3, 0.4) is 0 Å². The van der Waals surface area contributed by atoms with Crippen LogP contribution in [0.4, 0.5) is 0 Å². The number of hydrogen-bond acceptors (Lipinski definition) is 7. The number of ether oxygens (including phenoxy) is 2. The van der Waals surface area contributed by atoms with Crippen LogP contribution in [0.2, 0.25) is 0 Å². The lowest BCUT2D eigenvalue weighted by atomic mass is 10.0. The third-order valence-corrected chi connectivity index (χ3v) is 3.99. The van der Waals surface area contributed by atoms with Crippen LogP contribution in [0.25, 0.3) is 0 Å². The van der Waals surface area contributed by atoms with E-state index < -0.39 is 12.2 Å². The molecule has 0 fully saturated rings. The lowest BCUT2D eigenvalue weighted by Gasteiger charge is -2.12. The van der Waals surface area contributed by atoms with Crippen LogP contribution in [-0.2, 0) is 0 Å². The minimum Gasteiger partial charge on any atom is -0.491 e. The van der Waals surface area contributed by atoms with Gasteiger partial charge in [0.2, 0.25) is 0 Å². The molecule has 0 saturated carbocycles. The Bertz CT molecular complexity index is 660. The molecular formula is C19H22ClNO6. The minimum absolute atomic E-state index is 0.0172. The Balaban J connectivity index is 2.03. The van der Waals surface area contributed by atoms with Crippen LogP contribution >= 0.6 is 11.6 Å². The predicted octanol–water partition coefficient (Wildman–Crippen LogP) is 1.62. The molecule has 2 unspecified atom stereocenters. The molecule has 2 rings (SSSR count). The van der Waals surface area contributed by atoms with Crippen LogP contribution in [0.1, 0.15) is 11.1 Å². The highest BCUT2D eigenvalue weighted by molar-refractivity contribution is 6.18. The molecule has 0 spiro atoms. The molecule has 7 nitrogen and oxygen atoms in total. The van der Waals surface area contributed by atoms with Crippen molar-refractivity contribution < 1.29 is 30.0 Å². The normalized spacial score (nSPS) is 13.9. The summed E-state index contributed by atoms with van der Waals surface area (Å²) in [6, 6.07) is 13.7. The van der Waals surface area contributed by atoms with E-state index >= 15 is 0 Å². The molecule has 0 saturated heterocycles. The molecule has 0 aliphatic rings. The van der Waals surface area contributed by atoms with Gasteiger partial charge in [-0.1, -0.05) is 5.16 Å². The van der Waals surface area contributed by atoms with Crippen molar-refractivity contribution in [3.63, 3.8) is 0 Å². The fraction of sp³-hybridized carbons (Fsp3) is 0.316. The van der Waals surface area contributed by atoms with Gasteiger partial charge in [-0.15, -0.1) is 11.6 Å². The molecule has 2 aromatic rings. The van der Waals surface area contributed by atoms with Gasteiger partial charge < -0.3 is 30.0 Å². The van der Waals surface area contributed by atoms with Gasteiger partial charge in [-0.25, -0.2) is 0 Å². The lowest BCUT2D eigenvalue weighted by molar-refractivity contribution is 0.0536. The van der Waals surface area contributed by atoms with Crippen molar-refractivity contribution in [3.8, 4) is 11.5 Å². The fourth-order valence-corrected chi connectivity index (χ4v) is 2.27. The summed E-state index contributed by atoms with van der Waals surface area (Å²) in [6.45, 7) is -0.295. The summed E-state index contributed by atoms with van der Waals surface area (Å²) >= 11 is 5.52. The third-order valence-electron chi connectivity index (χ3n) is 3.63. The second kappa shape index (κ2) is 10.7. The molecule has 0 bridgehead atoms. The molecule has 0 radical (unpaired) electrons. The average molecular weight is 396 g/mol. The largest absolute Gasteiger partial charge is 0.491 e. The van der Waals surface area contributed by atoms with Crippen molar-refractivity contribution in [1.29, 1.82) is 0 Å². The summed E-state index contributed by atoms with van der Waals surface area (Å²) in [6.07, 6.45) is -1.68. The van der Waals surface area contributed by atoms with E-state index in [0.29, 0.717) is 28.3 Å². The average Bonchev–Trinajstić information content (AvgIpc) is 2.72. The maximum Gasteiger partial charge on any atom is 0.119 e. The monoisotopic (exact) mass is 395 g/mol. The highest BCUT2D eigenvalue weighted by atomic mass is 35.5. The summed E-state index contributed by atoms with van der Waals surface area (Å²) in [5.74, 6) is 1.18. The first kappa shape index (κ1) is 21.0. The van der Waals surface area contributed by atoms with Crippen molar-refractivity contribution in [1.82, 2.24) is 0 Å². The standard InChI is InChI=1S/C19H22ClNO6/c20-9-15(23)11-26-17-5-1-13(2-6-17)19(21-25)14-3-7-18(8-4-14)27-12-16(24)10-22/h1-8,15-16,22-25H,9-12H2/b21-19+. The summed E-state index contributed by atoms with van der Waals surface area (Å²) in [4.78, 5) is 0. The maximum atomic E-state index is 9.41. The summed E-state index contributed by atoms with van der Waals surface area (Å²) in [5, 5.41) is 40.3. The highest BCUT2D eigenvalue weighted by Crippen LogP contribution is 2.19. The number of alkyl halides is 1. The number of benzene rings is 2. The molecule has 8 heteroatoms. The smallest absolute Gasteiger partial charge is 0.119 e. The van der Waals surface area contributed by atoms with Crippen LogP contribution in [0.5, 0.6) is 11.5 Å². The first-order valence-corrected chi connectivity index (χ1v) is 8.82. The Hall–Kier alpha value is -2.32. The van der Waals surface area contributed by atoms with Crippen molar-refractivity contribution in [3.05, 3.63) is 59.7 Å². The molecule has 27 heavy (non-hydrogen) atoms. The number of oxime groups is 1. The topological polar surface area (TPSA) is 112 Å². The van der Waals surface area contributed by atoms with Crippen molar-refractivity contribution >= 4 is 17.3 Å². The maximum absolute atomic E-state index is 9.41. The van der Waals surface area contributed by atoms with Gasteiger partial charge in [-0.05, 0) is 48.5 Å². The van der Waals surface area contributed by atoms with Gasteiger partial charge in [0, 0.05) is 11.1 Å². The number of aliphatic hydroxyl groups excluding tert-OH is 3. The van der Waals surface area contributed by atoms with Crippen molar-refractivity contribution in [2.75, 3.05) is 25.7 Å². The zero-order valence-corrected chi connectivity index (χ0v) is 15.3. The number of aliphatic hydroxyl groups is 3. The molecular weight excluding hydrogens is 374 g/mol. The van der Waals surface area contributed by atoms with Crippen molar-refractivity contribution in [2.24, 2.45) is 5.16 Å². The van der Waals surface area contributed by atoms with E-state index in [4.69, 9.17) is 26.2 Å². The molecule has 0 aliphatic heterocycles. The number of hydrogen-bond donors (Lipinski definition) is 4. The summed E-state index contributed by atoms with van der Waals surface area (Å²) in [5.41, 5.74) is 1.70. The minimum atomic E-state index is -0.939. The van der Waals surface area contributed by atoms with Crippen LogP contribution in [-0.4, -0.2) is 64.1 Å². The highest BCUT2D eigenvalue weighted by Gasteiger charge is 2.10. The SMILES string of the molecule is OCC(O)COc1ccc(/C(=N/O)c2ccc(OCC(O)CCl)cc2)cc1. The number of nitrogens with zero attached hydrogens (tertiary/aromatic N) is 1. The zero-order valence-electron chi connectivity index (χ0n) is 14.5. The van der Waals surface area contributed by atoms with Gasteiger partial charge in [-0.3, -0.25) is 0 Å². The summed E-state index contributed by atoms with van der Waals surface area (Å²) < 4.78 is 10.8. The second-order valence-corrected chi connectivity index (χ2v) is 6.07. The van der Waals surface area contributed by atoms with Gasteiger partial charge in [0.1, 0.15) is 42.6 Å². The fourth-order valence-electron chi connectivity index (χ4n) is 2.18. The third kappa shape index (κ3) is 6.41. The van der Waals surface area contributed by atoms with E-state index in [1.165, 1.54) is 0 Å². The van der Waals surface area contributed by atoms with E-state index in [1.807, 2.05) is 0 Å². The van der Waals surface area contributed by atoms with Crippen LogP contribution in [0, 0.1) is 0 Å².